The minimum absolute atomic E-state index is 0.0829. The Hall–Kier alpha value is -2.64. The third kappa shape index (κ3) is 5.54. The van der Waals surface area contributed by atoms with Crippen LogP contribution >= 0.6 is 0 Å². The van der Waals surface area contributed by atoms with Crippen molar-refractivity contribution in [3.05, 3.63) is 53.9 Å². The summed E-state index contributed by atoms with van der Waals surface area (Å²) in [6, 6.07) is 9.83. The summed E-state index contributed by atoms with van der Waals surface area (Å²) < 4.78 is 11.4. The smallest absolute Gasteiger partial charge is 0.216 e. The van der Waals surface area contributed by atoms with Gasteiger partial charge in [0.1, 0.15) is 0 Å². The van der Waals surface area contributed by atoms with Crippen LogP contribution in [-0.4, -0.2) is 51.3 Å². The van der Waals surface area contributed by atoms with Crippen molar-refractivity contribution in [2.45, 2.75) is 31.7 Å². The van der Waals surface area contributed by atoms with E-state index < -0.39 is 5.54 Å². The number of hydrogen-bond donors (Lipinski definition) is 3. The first-order chi connectivity index (χ1) is 15.1. The minimum atomic E-state index is -0.693. The van der Waals surface area contributed by atoms with Gasteiger partial charge < -0.3 is 25.4 Å². The lowest BCUT2D eigenvalue weighted by atomic mass is 9.81. The minimum Gasteiger partial charge on any atom is -0.493 e. The predicted octanol–water partition coefficient (Wildman–Crippen LogP) is 2.46. The largest absolute Gasteiger partial charge is 0.493 e. The van der Waals surface area contributed by atoms with Gasteiger partial charge in [0.2, 0.25) is 5.91 Å². The maximum absolute atomic E-state index is 11.9. The van der Waals surface area contributed by atoms with E-state index in [2.05, 4.69) is 20.9 Å². The summed E-state index contributed by atoms with van der Waals surface area (Å²) in [4.78, 5) is 16.1. The molecule has 7 heteroatoms. The van der Waals surface area contributed by atoms with Gasteiger partial charge in [-0.1, -0.05) is 12.1 Å². The van der Waals surface area contributed by atoms with E-state index in [0.717, 1.165) is 37.2 Å². The zero-order valence-corrected chi connectivity index (χ0v) is 18.7. The lowest BCUT2D eigenvalue weighted by molar-refractivity contribution is -0.119. The maximum Gasteiger partial charge on any atom is 0.216 e. The highest BCUT2D eigenvalue weighted by Gasteiger charge is 2.38. The number of carbonyl (C=O) groups is 1. The van der Waals surface area contributed by atoms with Crippen LogP contribution in [0.4, 0.5) is 0 Å². The number of rotatable bonds is 10. The molecule has 3 rings (SSSR count). The average molecular weight is 427 g/mol. The molecule has 0 aliphatic carbocycles. The standard InChI is InChI=1S/C24H34N4O3/c1-18(29)27-17-24(20-10-14-26-15-11-20,28-16-9-19-7-12-25-13-8-19)21-5-4-6-22(30-2)23(21)31-3/h4-6,10-11,14-15,19,25,28H,7-9,12-13,16-17H2,1-3H3,(H,27,29). The van der Waals surface area contributed by atoms with Crippen molar-refractivity contribution in [2.24, 2.45) is 5.92 Å². The highest BCUT2D eigenvalue weighted by molar-refractivity contribution is 5.73. The van der Waals surface area contributed by atoms with Crippen LogP contribution in [0.5, 0.6) is 11.5 Å². The van der Waals surface area contributed by atoms with Gasteiger partial charge in [-0.25, -0.2) is 0 Å². The van der Waals surface area contributed by atoms with Crippen LogP contribution in [-0.2, 0) is 10.3 Å². The zero-order chi connectivity index (χ0) is 22.1. The predicted molar refractivity (Wildman–Crippen MR) is 121 cm³/mol. The van der Waals surface area contributed by atoms with Crippen LogP contribution < -0.4 is 25.4 Å². The van der Waals surface area contributed by atoms with E-state index in [0.29, 0.717) is 24.0 Å². The number of nitrogens with one attached hydrogen (secondary N) is 3. The SMILES string of the molecule is COc1cccc(C(CNC(C)=O)(NCCC2CCNCC2)c2ccncc2)c1OC. The number of ether oxygens (including phenoxy) is 2. The molecule has 1 saturated heterocycles. The molecule has 31 heavy (non-hydrogen) atoms. The molecular formula is C24H34N4O3. The Kier molecular flexibility index (Phi) is 8.26. The highest BCUT2D eigenvalue weighted by Crippen LogP contribution is 2.40. The second kappa shape index (κ2) is 11.1. The van der Waals surface area contributed by atoms with Gasteiger partial charge in [-0.15, -0.1) is 0 Å². The van der Waals surface area contributed by atoms with E-state index in [1.54, 1.807) is 26.6 Å². The number of amides is 1. The van der Waals surface area contributed by atoms with E-state index >= 15 is 0 Å². The van der Waals surface area contributed by atoms with Gasteiger partial charge in [-0.3, -0.25) is 9.78 Å². The first-order valence-electron chi connectivity index (χ1n) is 10.9. The molecule has 0 spiro atoms. The van der Waals surface area contributed by atoms with Gasteiger partial charge in [-0.05, 0) is 68.6 Å². The Balaban J connectivity index is 2.02. The average Bonchev–Trinajstić information content (AvgIpc) is 2.82. The molecule has 3 N–H and O–H groups in total. The molecule has 168 valence electrons. The van der Waals surface area contributed by atoms with Crippen molar-refractivity contribution in [3.8, 4) is 11.5 Å². The monoisotopic (exact) mass is 426 g/mol. The van der Waals surface area contributed by atoms with Crippen LogP contribution in [0.1, 0.15) is 37.3 Å². The molecule has 1 fully saturated rings. The summed E-state index contributed by atoms with van der Waals surface area (Å²) >= 11 is 0. The Morgan fingerprint density at radius 2 is 1.90 bits per heavy atom. The summed E-state index contributed by atoms with van der Waals surface area (Å²) in [6.45, 7) is 4.88. The second-order valence-corrected chi connectivity index (χ2v) is 8.00. The van der Waals surface area contributed by atoms with E-state index in [1.165, 1.54) is 19.8 Å². The highest BCUT2D eigenvalue weighted by atomic mass is 16.5. The number of benzene rings is 1. The Bertz CT molecular complexity index is 840. The van der Waals surface area contributed by atoms with Crippen LogP contribution in [0.2, 0.25) is 0 Å². The number of pyridine rings is 1. The van der Waals surface area contributed by atoms with Crippen LogP contribution in [0.3, 0.4) is 0 Å². The van der Waals surface area contributed by atoms with Crippen molar-refractivity contribution < 1.29 is 14.3 Å². The Labute approximate surface area is 184 Å². The van der Waals surface area contributed by atoms with Gasteiger partial charge in [-0.2, -0.15) is 0 Å². The topological polar surface area (TPSA) is 84.5 Å². The van der Waals surface area contributed by atoms with Crippen LogP contribution in [0.25, 0.3) is 0 Å². The fraction of sp³-hybridized carbons (Fsp3) is 0.500. The lowest BCUT2D eigenvalue weighted by Crippen LogP contribution is -2.52. The summed E-state index contributed by atoms with van der Waals surface area (Å²) in [5.41, 5.74) is 1.23. The molecule has 1 amide bonds. The summed E-state index contributed by atoms with van der Waals surface area (Å²) in [6.07, 6.45) is 7.01. The lowest BCUT2D eigenvalue weighted by Gasteiger charge is -2.38. The summed E-state index contributed by atoms with van der Waals surface area (Å²) in [7, 11) is 3.28. The number of methoxy groups -OCH3 is 2. The first-order valence-corrected chi connectivity index (χ1v) is 10.9. The normalized spacial score (nSPS) is 16.4. The van der Waals surface area contributed by atoms with Crippen molar-refractivity contribution in [1.29, 1.82) is 0 Å². The van der Waals surface area contributed by atoms with Gasteiger partial charge in [0, 0.05) is 31.4 Å². The summed E-state index contributed by atoms with van der Waals surface area (Å²) in [5, 5.41) is 10.3. The zero-order valence-electron chi connectivity index (χ0n) is 18.7. The molecule has 0 radical (unpaired) electrons. The van der Waals surface area contributed by atoms with Crippen molar-refractivity contribution in [3.63, 3.8) is 0 Å². The quantitative estimate of drug-likeness (QED) is 0.541. The molecular weight excluding hydrogens is 392 g/mol. The number of aromatic nitrogens is 1. The third-order valence-electron chi connectivity index (χ3n) is 6.08. The van der Waals surface area contributed by atoms with Crippen LogP contribution in [0.15, 0.2) is 42.7 Å². The van der Waals surface area contributed by atoms with Gasteiger partial charge in [0.15, 0.2) is 11.5 Å². The van der Waals surface area contributed by atoms with E-state index in [-0.39, 0.29) is 5.91 Å². The molecule has 2 aromatic rings. The van der Waals surface area contributed by atoms with E-state index in [1.807, 2.05) is 30.3 Å². The number of carbonyl (C=O) groups excluding carboxylic acids is 1. The molecule has 1 aliphatic heterocycles. The van der Waals surface area contributed by atoms with Gasteiger partial charge in [0.25, 0.3) is 0 Å². The second-order valence-electron chi connectivity index (χ2n) is 8.00. The van der Waals surface area contributed by atoms with Crippen molar-refractivity contribution in [2.75, 3.05) is 40.4 Å². The number of para-hydroxylation sites is 1. The number of nitrogens with zero attached hydrogens (tertiary/aromatic N) is 1. The molecule has 1 unspecified atom stereocenters. The van der Waals surface area contributed by atoms with Crippen LogP contribution in [0, 0.1) is 5.92 Å². The third-order valence-corrected chi connectivity index (χ3v) is 6.08. The molecule has 0 bridgehead atoms. The number of piperidine rings is 1. The Morgan fingerprint density at radius 3 is 2.55 bits per heavy atom. The fourth-order valence-corrected chi connectivity index (χ4v) is 4.39. The van der Waals surface area contributed by atoms with E-state index in [9.17, 15) is 4.79 Å². The number of hydrogen-bond acceptors (Lipinski definition) is 6. The molecule has 1 aromatic carbocycles. The molecule has 7 nitrogen and oxygen atoms in total. The molecule has 0 saturated carbocycles. The Morgan fingerprint density at radius 1 is 1.16 bits per heavy atom. The summed E-state index contributed by atoms with van der Waals surface area (Å²) in [5.74, 6) is 1.92. The van der Waals surface area contributed by atoms with E-state index in [4.69, 9.17) is 9.47 Å². The molecule has 1 aliphatic rings. The van der Waals surface area contributed by atoms with Gasteiger partial charge >= 0.3 is 0 Å². The fourth-order valence-electron chi connectivity index (χ4n) is 4.39. The molecule has 1 aromatic heterocycles. The maximum atomic E-state index is 11.9. The molecule has 1 atom stereocenters. The van der Waals surface area contributed by atoms with Crippen molar-refractivity contribution in [1.82, 2.24) is 20.9 Å². The molecule has 2 heterocycles. The van der Waals surface area contributed by atoms with Gasteiger partial charge in [0.05, 0.1) is 19.8 Å². The van der Waals surface area contributed by atoms with Crippen molar-refractivity contribution >= 4 is 5.91 Å². The first kappa shape index (κ1) is 23.0.